The molecule has 0 spiro atoms. The van der Waals surface area contributed by atoms with E-state index < -0.39 is 11.5 Å². The molecule has 202 valence electrons. The number of quaternary nitrogens is 1. The first-order chi connectivity index (χ1) is 18.2. The van der Waals surface area contributed by atoms with Crippen LogP contribution in [0.5, 0.6) is 5.88 Å². The Hall–Kier alpha value is -2.52. The molecule has 0 radical (unpaired) electrons. The van der Waals surface area contributed by atoms with Crippen molar-refractivity contribution in [1.82, 2.24) is 4.98 Å². The van der Waals surface area contributed by atoms with E-state index in [1.165, 1.54) is 0 Å². The molecule has 0 saturated heterocycles. The first-order valence-corrected chi connectivity index (χ1v) is 13.7. The summed E-state index contributed by atoms with van der Waals surface area (Å²) in [6.45, 7) is 0.713. The quantitative estimate of drug-likeness (QED) is 0.127. The second-order valence-electron chi connectivity index (χ2n) is 10.9. The molecule has 0 fully saturated rings. The van der Waals surface area contributed by atoms with Crippen LogP contribution in [-0.2, 0) is 5.60 Å². The largest absolute Gasteiger partial charge is 0.845 e. The van der Waals surface area contributed by atoms with Crippen molar-refractivity contribution in [1.29, 1.82) is 0 Å². The maximum absolute atomic E-state index is 15.8. The number of fused-ring (bicyclic) bond motifs is 2. The molecule has 0 aliphatic carbocycles. The fourth-order valence-electron chi connectivity index (χ4n) is 5.39. The normalized spacial score (nSPS) is 14.0. The van der Waals surface area contributed by atoms with Gasteiger partial charge in [-0.05, 0) is 52.6 Å². The van der Waals surface area contributed by atoms with Gasteiger partial charge in [-0.1, -0.05) is 94.3 Å². The van der Waals surface area contributed by atoms with Crippen LogP contribution in [0.2, 0.25) is 0 Å². The summed E-state index contributed by atoms with van der Waals surface area (Å²) in [5, 5.41) is 18.8. The number of aromatic nitrogens is 1. The minimum atomic E-state index is -1.50. The van der Waals surface area contributed by atoms with Gasteiger partial charge in [-0.2, -0.15) is 0 Å². The van der Waals surface area contributed by atoms with Gasteiger partial charge in [0.1, 0.15) is 0 Å². The lowest BCUT2D eigenvalue weighted by Crippen LogP contribution is -2.51. The molecule has 5 aromatic rings. The van der Waals surface area contributed by atoms with Crippen LogP contribution in [0.25, 0.3) is 21.7 Å². The van der Waals surface area contributed by atoms with E-state index in [0.29, 0.717) is 23.3 Å². The van der Waals surface area contributed by atoms with Gasteiger partial charge in [0.25, 0.3) is 0 Å². The maximum Gasteiger partial charge on any atom is 0.217 e. The molecule has 0 amide bonds. The van der Waals surface area contributed by atoms with Gasteiger partial charge in [0.15, 0.2) is 0 Å². The third-order valence-corrected chi connectivity index (χ3v) is 7.77. The molecule has 39 heavy (non-hydrogen) atoms. The molecule has 2 atom stereocenters. The Morgan fingerprint density at radius 1 is 0.872 bits per heavy atom. The number of benzene rings is 4. The van der Waals surface area contributed by atoms with Gasteiger partial charge < -0.3 is 14.3 Å². The predicted molar refractivity (Wildman–Crippen MR) is 173 cm³/mol. The van der Waals surface area contributed by atoms with Crippen LogP contribution in [0.3, 0.4) is 0 Å². The Kier molecular flexibility index (Phi) is 9.01. The summed E-state index contributed by atoms with van der Waals surface area (Å²) in [5.41, 5.74) is 1.88. The maximum atomic E-state index is 15.8. The van der Waals surface area contributed by atoms with Crippen molar-refractivity contribution >= 4 is 61.6 Å². The van der Waals surface area contributed by atoms with Crippen LogP contribution >= 0.6 is 39.9 Å². The summed E-state index contributed by atoms with van der Waals surface area (Å²) in [5.74, 6) is -0.0497. The number of halogens is 2. The molecule has 0 bridgehead atoms. The van der Waals surface area contributed by atoms with Crippen LogP contribution in [0, 0.1) is 0 Å². The molecule has 6 heteroatoms. The third kappa shape index (κ3) is 6.14. The lowest BCUT2D eigenvalue weighted by molar-refractivity contribution is -0.872. The van der Waals surface area contributed by atoms with E-state index >= 15 is 5.11 Å². The van der Waals surface area contributed by atoms with Crippen molar-refractivity contribution in [2.24, 2.45) is 0 Å². The van der Waals surface area contributed by atoms with Crippen LogP contribution in [0.15, 0.2) is 102 Å². The van der Waals surface area contributed by atoms with Crippen LogP contribution in [-0.4, -0.2) is 44.3 Å². The molecule has 2 unspecified atom stereocenters. The van der Waals surface area contributed by atoms with Crippen molar-refractivity contribution in [3.63, 3.8) is 0 Å². The molecule has 4 nitrogen and oxygen atoms in total. The fraction of sp³-hybridized carbons (Fsp3) is 0.242. The number of nitrogens with zero attached hydrogens (tertiary/aromatic N) is 2. The molecule has 0 N–H and O–H groups in total. The molecule has 5 rings (SSSR count). The summed E-state index contributed by atoms with van der Waals surface area (Å²) in [4.78, 5) is 4.87. The summed E-state index contributed by atoms with van der Waals surface area (Å²) < 4.78 is 7.54. The average molecular weight is 697 g/mol. The molecule has 0 aliphatic heterocycles. The van der Waals surface area contributed by atoms with E-state index in [4.69, 9.17) is 9.72 Å². The monoisotopic (exact) mass is 696 g/mol. The lowest BCUT2D eigenvalue weighted by atomic mass is 9.70. The summed E-state index contributed by atoms with van der Waals surface area (Å²) in [7, 11) is 8.04. The van der Waals surface area contributed by atoms with E-state index in [0.717, 1.165) is 42.8 Å². The van der Waals surface area contributed by atoms with Gasteiger partial charge in [0.05, 0.1) is 40.3 Å². The van der Waals surface area contributed by atoms with E-state index in [1.54, 1.807) is 7.11 Å². The molecular weight excluding hydrogens is 663 g/mol. The lowest BCUT2D eigenvalue weighted by Gasteiger charge is -2.50. The topological polar surface area (TPSA) is 45.2 Å². The molecule has 1 heterocycles. The zero-order valence-electron chi connectivity index (χ0n) is 22.7. The van der Waals surface area contributed by atoms with Crippen molar-refractivity contribution in [2.45, 2.75) is 17.9 Å². The Labute approximate surface area is 256 Å². The van der Waals surface area contributed by atoms with Gasteiger partial charge in [-0.15, -0.1) is 24.0 Å². The highest BCUT2D eigenvalue weighted by Gasteiger charge is 2.37. The van der Waals surface area contributed by atoms with Crippen molar-refractivity contribution in [2.75, 3.05) is 34.8 Å². The standard InChI is InChI=1S/C33H33BrN2O2.HI/c1-36(2,3)20-19-33(37,29-16-10-14-23-11-8-9-15-27(23)29)31(24-12-6-5-7-13-24)28-22-25-21-26(34)17-18-30(25)35-32(28)38-4;/h5-18,21-22,31H,19-20H2,1-4H3;1H. The second-order valence-corrected chi connectivity index (χ2v) is 11.9. The van der Waals surface area contributed by atoms with Crippen LogP contribution < -0.4 is 9.84 Å². The van der Waals surface area contributed by atoms with Crippen molar-refractivity contribution < 1.29 is 14.3 Å². The molecule has 4 aromatic carbocycles. The zero-order chi connectivity index (χ0) is 26.9. The summed E-state index contributed by atoms with van der Waals surface area (Å²) in [6, 6.07) is 32.5. The minimum Gasteiger partial charge on any atom is -0.845 e. The highest BCUT2D eigenvalue weighted by molar-refractivity contribution is 14.0. The van der Waals surface area contributed by atoms with E-state index in [2.05, 4.69) is 73.5 Å². The summed E-state index contributed by atoms with van der Waals surface area (Å²) >= 11 is 3.60. The van der Waals surface area contributed by atoms with Gasteiger partial charge in [-0.25, -0.2) is 4.98 Å². The Bertz CT molecular complexity index is 1580. The van der Waals surface area contributed by atoms with Crippen molar-refractivity contribution in [3.05, 3.63) is 118 Å². The molecular formula is C33H34BrIN2O2. The average Bonchev–Trinajstić information content (AvgIpc) is 2.91. The SMILES string of the molecule is COc1nc2ccc(Br)cc2cc1C(c1ccccc1)C([O-])(CC[N+](C)(C)C)c1cccc2ccccc12.I. The van der Waals surface area contributed by atoms with E-state index in [9.17, 15) is 0 Å². The van der Waals surface area contributed by atoms with E-state index in [-0.39, 0.29) is 24.0 Å². The Balaban J connectivity index is 0.00000353. The number of hydrogen-bond donors (Lipinski definition) is 0. The number of hydrogen-bond acceptors (Lipinski definition) is 3. The Morgan fingerprint density at radius 3 is 2.28 bits per heavy atom. The van der Waals surface area contributed by atoms with Crippen molar-refractivity contribution in [3.8, 4) is 5.88 Å². The highest BCUT2D eigenvalue weighted by Crippen LogP contribution is 2.47. The first kappa shape index (κ1) is 29.5. The molecule has 1 aromatic heterocycles. The number of rotatable bonds is 8. The minimum absolute atomic E-state index is 0. The number of methoxy groups -OCH3 is 1. The van der Waals surface area contributed by atoms with Crippen LogP contribution in [0.1, 0.15) is 29.0 Å². The second kappa shape index (κ2) is 11.9. The van der Waals surface area contributed by atoms with Gasteiger partial charge in [0, 0.05) is 21.3 Å². The smallest absolute Gasteiger partial charge is 0.217 e. The highest BCUT2D eigenvalue weighted by atomic mass is 127. The van der Waals surface area contributed by atoms with Gasteiger partial charge in [-0.3, -0.25) is 0 Å². The molecule has 0 saturated carbocycles. The molecule has 0 aliphatic rings. The number of ether oxygens (including phenoxy) is 1. The van der Waals surface area contributed by atoms with Gasteiger partial charge >= 0.3 is 0 Å². The third-order valence-electron chi connectivity index (χ3n) is 7.27. The predicted octanol–water partition coefficient (Wildman–Crippen LogP) is 7.26. The number of pyridine rings is 1. The van der Waals surface area contributed by atoms with Crippen LogP contribution in [0.4, 0.5) is 0 Å². The Morgan fingerprint density at radius 2 is 1.56 bits per heavy atom. The van der Waals surface area contributed by atoms with E-state index in [1.807, 2.05) is 60.7 Å². The summed E-state index contributed by atoms with van der Waals surface area (Å²) in [6.07, 6.45) is 0.434. The zero-order valence-corrected chi connectivity index (χ0v) is 26.6. The van der Waals surface area contributed by atoms with Gasteiger partial charge in [0.2, 0.25) is 5.88 Å². The first-order valence-electron chi connectivity index (χ1n) is 12.9. The fourth-order valence-corrected chi connectivity index (χ4v) is 5.77.